The number of esters is 1. The zero-order valence-corrected chi connectivity index (χ0v) is 15.7. The Labute approximate surface area is 166 Å². The van der Waals surface area contributed by atoms with Crippen LogP contribution in [0.25, 0.3) is 0 Å². The fourth-order valence-electron chi connectivity index (χ4n) is 3.41. The molecule has 2 atom stereocenters. The summed E-state index contributed by atoms with van der Waals surface area (Å²) in [4.78, 5) is 25.1. The maximum Gasteiger partial charge on any atom is 0.416 e. The number of halogens is 3. The van der Waals surface area contributed by atoms with Crippen molar-refractivity contribution >= 4 is 17.4 Å². The minimum atomic E-state index is -4.41. The van der Waals surface area contributed by atoms with E-state index in [0.29, 0.717) is 17.8 Å². The molecule has 29 heavy (non-hydrogen) atoms. The summed E-state index contributed by atoms with van der Waals surface area (Å²) in [7, 11) is 0. The minimum Gasteiger partial charge on any atom is -0.465 e. The van der Waals surface area contributed by atoms with Crippen LogP contribution in [0.3, 0.4) is 0 Å². The number of anilines is 1. The lowest BCUT2D eigenvalue weighted by Crippen LogP contribution is -2.35. The number of alkyl halides is 3. The number of ether oxygens (including phenoxy) is 1. The number of hydrogen-bond acceptors (Lipinski definition) is 4. The molecule has 4 nitrogen and oxygen atoms in total. The number of ketones is 1. The molecular formula is C22H20F3NO3. The molecule has 1 aliphatic rings. The van der Waals surface area contributed by atoms with Gasteiger partial charge < -0.3 is 10.1 Å². The third kappa shape index (κ3) is 4.85. The first kappa shape index (κ1) is 20.6. The summed E-state index contributed by atoms with van der Waals surface area (Å²) >= 11 is 0. The van der Waals surface area contributed by atoms with E-state index in [0.717, 1.165) is 17.7 Å². The summed E-state index contributed by atoms with van der Waals surface area (Å²) in [6.45, 7) is 1.85. The summed E-state index contributed by atoms with van der Waals surface area (Å²) in [5.41, 5.74) is 1.03. The van der Waals surface area contributed by atoms with E-state index in [2.05, 4.69) is 5.32 Å². The second kappa shape index (κ2) is 8.51. The first-order chi connectivity index (χ1) is 13.8. The van der Waals surface area contributed by atoms with E-state index in [1.54, 1.807) is 6.92 Å². The molecule has 1 N–H and O–H groups in total. The molecule has 0 radical (unpaired) electrons. The first-order valence-corrected chi connectivity index (χ1v) is 9.20. The fourth-order valence-corrected chi connectivity index (χ4v) is 3.41. The Bertz CT molecular complexity index is 905. The molecule has 0 saturated heterocycles. The van der Waals surface area contributed by atoms with Crippen molar-refractivity contribution in [2.45, 2.75) is 25.4 Å². The van der Waals surface area contributed by atoms with Gasteiger partial charge in [0.05, 0.1) is 12.2 Å². The predicted octanol–water partition coefficient (Wildman–Crippen LogP) is 4.94. The molecule has 3 rings (SSSR count). The highest BCUT2D eigenvalue weighted by molar-refractivity contribution is 6.07. The summed E-state index contributed by atoms with van der Waals surface area (Å²) in [6, 6.07) is 13.7. The topological polar surface area (TPSA) is 55.4 Å². The third-order valence-electron chi connectivity index (χ3n) is 4.75. The van der Waals surface area contributed by atoms with E-state index in [-0.39, 0.29) is 6.61 Å². The normalized spacial score (nSPS) is 19.4. The lowest BCUT2D eigenvalue weighted by molar-refractivity contribution is -0.151. The van der Waals surface area contributed by atoms with Gasteiger partial charge >= 0.3 is 12.1 Å². The van der Waals surface area contributed by atoms with Crippen molar-refractivity contribution in [1.82, 2.24) is 0 Å². The van der Waals surface area contributed by atoms with Crippen molar-refractivity contribution in [2.24, 2.45) is 5.92 Å². The SMILES string of the molecule is CCOC(=O)[C@@H]1C(=O)C=C(Nc2ccc(C(F)(F)F)cc2)C[C@@H]1c1ccccc1. The second-order valence-corrected chi connectivity index (χ2v) is 6.72. The molecule has 0 spiro atoms. The Morgan fingerprint density at radius 1 is 1.10 bits per heavy atom. The Kier molecular flexibility index (Phi) is 6.06. The molecular weight excluding hydrogens is 383 g/mol. The van der Waals surface area contributed by atoms with Gasteiger partial charge in [-0.3, -0.25) is 9.59 Å². The van der Waals surface area contributed by atoms with Crippen molar-refractivity contribution in [3.05, 3.63) is 77.5 Å². The van der Waals surface area contributed by atoms with Crippen LogP contribution in [0, 0.1) is 5.92 Å². The van der Waals surface area contributed by atoms with Gasteiger partial charge in [0.1, 0.15) is 5.92 Å². The number of carbonyl (C=O) groups excluding carboxylic acids is 2. The van der Waals surface area contributed by atoms with Crippen LogP contribution in [0.2, 0.25) is 0 Å². The van der Waals surface area contributed by atoms with Gasteiger partial charge in [-0.2, -0.15) is 13.2 Å². The predicted molar refractivity (Wildman–Crippen MR) is 102 cm³/mol. The second-order valence-electron chi connectivity index (χ2n) is 6.72. The van der Waals surface area contributed by atoms with Crippen LogP contribution in [0.5, 0.6) is 0 Å². The summed E-state index contributed by atoms with van der Waals surface area (Å²) in [5, 5.41) is 3.00. The average molecular weight is 403 g/mol. The van der Waals surface area contributed by atoms with Crippen molar-refractivity contribution in [2.75, 3.05) is 11.9 Å². The molecule has 0 amide bonds. The van der Waals surface area contributed by atoms with Crippen molar-refractivity contribution in [3.63, 3.8) is 0 Å². The molecule has 0 aromatic heterocycles. The van der Waals surface area contributed by atoms with E-state index in [4.69, 9.17) is 4.74 Å². The van der Waals surface area contributed by atoms with Crippen LogP contribution >= 0.6 is 0 Å². The molecule has 0 saturated carbocycles. The largest absolute Gasteiger partial charge is 0.465 e. The van der Waals surface area contributed by atoms with Gasteiger partial charge in [-0.05, 0) is 43.2 Å². The molecule has 0 unspecified atom stereocenters. The number of rotatable bonds is 5. The van der Waals surface area contributed by atoms with E-state index in [1.165, 1.54) is 18.2 Å². The Morgan fingerprint density at radius 2 is 1.76 bits per heavy atom. The zero-order valence-electron chi connectivity index (χ0n) is 15.7. The van der Waals surface area contributed by atoms with Gasteiger partial charge in [0.15, 0.2) is 5.78 Å². The summed E-state index contributed by atoms with van der Waals surface area (Å²) in [5.74, 6) is -2.34. The number of nitrogens with one attached hydrogen (secondary N) is 1. The van der Waals surface area contributed by atoms with Crippen molar-refractivity contribution in [1.29, 1.82) is 0 Å². The van der Waals surface area contributed by atoms with Gasteiger partial charge in [-0.1, -0.05) is 30.3 Å². The highest BCUT2D eigenvalue weighted by Crippen LogP contribution is 2.37. The van der Waals surface area contributed by atoms with E-state index < -0.39 is 35.3 Å². The van der Waals surface area contributed by atoms with Gasteiger partial charge in [-0.25, -0.2) is 0 Å². The van der Waals surface area contributed by atoms with E-state index in [1.807, 2.05) is 30.3 Å². The van der Waals surface area contributed by atoms with Crippen LogP contribution < -0.4 is 5.32 Å². The first-order valence-electron chi connectivity index (χ1n) is 9.20. The smallest absolute Gasteiger partial charge is 0.416 e. The van der Waals surface area contributed by atoms with E-state index >= 15 is 0 Å². The molecule has 7 heteroatoms. The third-order valence-corrected chi connectivity index (χ3v) is 4.75. The van der Waals surface area contributed by atoms with E-state index in [9.17, 15) is 22.8 Å². The van der Waals surface area contributed by atoms with Crippen LogP contribution in [0.4, 0.5) is 18.9 Å². The van der Waals surface area contributed by atoms with Crippen LogP contribution in [0.1, 0.15) is 30.4 Å². The molecule has 0 aliphatic heterocycles. The minimum absolute atomic E-state index is 0.171. The van der Waals surface area contributed by atoms with Crippen LogP contribution in [0.15, 0.2) is 66.4 Å². The lowest BCUT2D eigenvalue weighted by atomic mass is 9.76. The fraction of sp³-hybridized carbons (Fsp3) is 0.273. The highest BCUT2D eigenvalue weighted by Gasteiger charge is 2.39. The summed E-state index contributed by atoms with van der Waals surface area (Å²) < 4.78 is 43.3. The van der Waals surface area contributed by atoms with Crippen LogP contribution in [-0.4, -0.2) is 18.4 Å². The Hall–Kier alpha value is -3.09. The number of carbonyl (C=O) groups is 2. The molecule has 152 valence electrons. The number of allylic oxidation sites excluding steroid dienone is 2. The van der Waals surface area contributed by atoms with Gasteiger partial charge in [0.2, 0.25) is 0 Å². The highest BCUT2D eigenvalue weighted by atomic mass is 19.4. The van der Waals surface area contributed by atoms with Crippen molar-refractivity contribution < 1.29 is 27.5 Å². The molecule has 2 aromatic rings. The van der Waals surface area contributed by atoms with Gasteiger partial charge in [0.25, 0.3) is 0 Å². The Morgan fingerprint density at radius 3 is 2.34 bits per heavy atom. The average Bonchev–Trinajstić information content (AvgIpc) is 2.68. The van der Waals surface area contributed by atoms with Gasteiger partial charge in [-0.15, -0.1) is 0 Å². The zero-order chi connectivity index (χ0) is 21.0. The standard InChI is InChI=1S/C22H20F3NO3/c1-2-29-21(28)20-18(14-6-4-3-5-7-14)12-17(13-19(20)27)26-16-10-8-15(9-11-16)22(23,24)25/h3-11,13,18,20,26H,2,12H2,1H3/t18-,20+/m1/s1. The number of hydrogen-bond donors (Lipinski definition) is 1. The molecule has 0 bridgehead atoms. The molecule has 0 heterocycles. The van der Waals surface area contributed by atoms with Gasteiger partial charge in [0, 0.05) is 23.4 Å². The maximum absolute atomic E-state index is 12.7. The van der Waals surface area contributed by atoms with Crippen LogP contribution in [-0.2, 0) is 20.5 Å². The molecule has 2 aromatic carbocycles. The molecule has 1 aliphatic carbocycles. The number of benzene rings is 2. The van der Waals surface area contributed by atoms with Crippen molar-refractivity contribution in [3.8, 4) is 0 Å². The lowest BCUT2D eigenvalue weighted by Gasteiger charge is -2.29. The molecule has 0 fully saturated rings. The maximum atomic E-state index is 12.7. The Balaban J connectivity index is 1.86. The monoisotopic (exact) mass is 403 g/mol. The summed E-state index contributed by atoms with van der Waals surface area (Å²) in [6.07, 6.45) is -2.73. The quantitative estimate of drug-likeness (QED) is 0.568.